The number of likely N-dealkylation sites (tertiary alicyclic amines) is 1. The average molecular weight is 362 g/mol. The van der Waals surface area contributed by atoms with Crippen molar-refractivity contribution in [1.29, 1.82) is 0 Å². The van der Waals surface area contributed by atoms with Crippen molar-refractivity contribution in [3.8, 4) is 0 Å². The molecule has 1 aliphatic rings. The van der Waals surface area contributed by atoms with Gasteiger partial charge < -0.3 is 5.32 Å². The summed E-state index contributed by atoms with van der Waals surface area (Å²) in [6, 6.07) is 7.45. The zero-order valence-electron chi connectivity index (χ0n) is 10.2. The third kappa shape index (κ3) is 3.46. The molecule has 94 valence electrons. The predicted molar refractivity (Wildman–Crippen MR) is 80.6 cm³/mol. The Bertz CT molecular complexity index is 393. The molecule has 1 aliphatic heterocycles. The van der Waals surface area contributed by atoms with Gasteiger partial charge in [-0.15, -0.1) is 0 Å². The van der Waals surface area contributed by atoms with Crippen LogP contribution in [0.5, 0.6) is 0 Å². The lowest BCUT2D eigenvalue weighted by atomic mass is 10.2. The van der Waals surface area contributed by atoms with E-state index in [1.165, 1.54) is 18.7 Å². The maximum Gasteiger partial charge on any atom is 0.0498 e. The lowest BCUT2D eigenvalue weighted by Gasteiger charge is -2.21. The molecule has 1 heterocycles. The van der Waals surface area contributed by atoms with Gasteiger partial charge in [0.05, 0.1) is 0 Å². The molecule has 2 nitrogen and oxygen atoms in total. The fourth-order valence-corrected chi connectivity index (χ4v) is 2.92. The second kappa shape index (κ2) is 5.72. The Morgan fingerprint density at radius 3 is 2.76 bits per heavy atom. The van der Waals surface area contributed by atoms with E-state index in [4.69, 9.17) is 0 Å². The summed E-state index contributed by atoms with van der Waals surface area (Å²) >= 11 is 7.09. The minimum absolute atomic E-state index is 0.558. The van der Waals surface area contributed by atoms with Gasteiger partial charge in [0, 0.05) is 39.8 Å². The summed E-state index contributed by atoms with van der Waals surface area (Å²) in [5, 5.41) is 3.62. The Balaban J connectivity index is 2.00. The number of rotatable bonds is 3. The lowest BCUT2D eigenvalue weighted by molar-refractivity contribution is 0.274. The fraction of sp³-hybridized carbons (Fsp3) is 0.538. The summed E-state index contributed by atoms with van der Waals surface area (Å²) < 4.78 is 2.24. The van der Waals surface area contributed by atoms with Crippen LogP contribution in [0.2, 0.25) is 0 Å². The first-order valence-electron chi connectivity index (χ1n) is 6.02. The van der Waals surface area contributed by atoms with E-state index in [1.54, 1.807) is 0 Å². The number of anilines is 1. The largest absolute Gasteiger partial charge is 0.380 e. The first-order chi connectivity index (χ1) is 8.06. The predicted octanol–water partition coefficient (Wildman–Crippen LogP) is 4.11. The molecule has 0 saturated carbocycles. The molecule has 0 bridgehead atoms. The van der Waals surface area contributed by atoms with E-state index in [2.05, 4.69) is 68.1 Å². The van der Waals surface area contributed by atoms with Gasteiger partial charge in [-0.1, -0.05) is 15.9 Å². The molecule has 1 atom stereocenters. The van der Waals surface area contributed by atoms with Crippen LogP contribution in [0.15, 0.2) is 27.1 Å². The van der Waals surface area contributed by atoms with Crippen LogP contribution in [-0.2, 0) is 0 Å². The highest BCUT2D eigenvalue weighted by atomic mass is 79.9. The Hall–Kier alpha value is -0.0600. The molecular weight excluding hydrogens is 344 g/mol. The number of halogens is 2. The van der Waals surface area contributed by atoms with Crippen molar-refractivity contribution in [2.45, 2.75) is 32.4 Å². The van der Waals surface area contributed by atoms with Crippen LogP contribution in [0, 0.1) is 0 Å². The van der Waals surface area contributed by atoms with E-state index in [9.17, 15) is 0 Å². The van der Waals surface area contributed by atoms with E-state index >= 15 is 0 Å². The highest BCUT2D eigenvalue weighted by molar-refractivity contribution is 9.11. The first kappa shape index (κ1) is 13.4. The maximum absolute atomic E-state index is 3.62. The van der Waals surface area contributed by atoms with Crippen molar-refractivity contribution in [3.63, 3.8) is 0 Å². The van der Waals surface area contributed by atoms with Crippen LogP contribution in [0.4, 0.5) is 5.69 Å². The van der Waals surface area contributed by atoms with Crippen LogP contribution in [0.3, 0.4) is 0 Å². The summed E-state index contributed by atoms with van der Waals surface area (Å²) in [7, 11) is 0. The van der Waals surface area contributed by atoms with Gasteiger partial charge in [-0.05, 0) is 54.4 Å². The zero-order valence-corrected chi connectivity index (χ0v) is 13.4. The number of nitrogens with one attached hydrogen (secondary N) is 1. The van der Waals surface area contributed by atoms with Gasteiger partial charge >= 0.3 is 0 Å². The second-order valence-electron chi connectivity index (χ2n) is 4.84. The number of hydrogen-bond donors (Lipinski definition) is 1. The molecule has 1 fully saturated rings. The lowest BCUT2D eigenvalue weighted by Crippen LogP contribution is -2.31. The highest BCUT2D eigenvalue weighted by Crippen LogP contribution is 2.28. The van der Waals surface area contributed by atoms with E-state index in [-0.39, 0.29) is 0 Å². The third-order valence-electron chi connectivity index (χ3n) is 3.24. The van der Waals surface area contributed by atoms with Crippen LogP contribution in [0.1, 0.15) is 20.3 Å². The SMILES string of the molecule is CC(C)N1CCC(Nc2cc(Br)ccc2Br)C1. The molecule has 4 heteroatoms. The van der Waals surface area contributed by atoms with E-state index in [0.717, 1.165) is 15.5 Å². The van der Waals surface area contributed by atoms with E-state index < -0.39 is 0 Å². The summed E-state index contributed by atoms with van der Waals surface area (Å²) in [5.41, 5.74) is 1.18. The van der Waals surface area contributed by atoms with Gasteiger partial charge in [0.25, 0.3) is 0 Å². The average Bonchev–Trinajstić information content (AvgIpc) is 2.72. The van der Waals surface area contributed by atoms with Crippen molar-refractivity contribution in [1.82, 2.24) is 4.90 Å². The standard InChI is InChI=1S/C13H18Br2N2/c1-9(2)17-6-5-11(8-17)16-13-7-10(14)3-4-12(13)15/h3-4,7,9,11,16H,5-6,8H2,1-2H3. The van der Waals surface area contributed by atoms with E-state index in [1.807, 2.05) is 6.07 Å². The topological polar surface area (TPSA) is 15.3 Å². The van der Waals surface area contributed by atoms with E-state index in [0.29, 0.717) is 12.1 Å². The molecule has 0 spiro atoms. The fourth-order valence-electron chi connectivity index (χ4n) is 2.20. The molecule has 1 unspecified atom stereocenters. The Morgan fingerprint density at radius 2 is 2.12 bits per heavy atom. The third-order valence-corrected chi connectivity index (χ3v) is 4.42. The number of hydrogen-bond acceptors (Lipinski definition) is 2. The Kier molecular flexibility index (Phi) is 4.50. The molecule has 1 saturated heterocycles. The quantitative estimate of drug-likeness (QED) is 0.871. The molecule has 1 aromatic carbocycles. The molecule has 1 N–H and O–H groups in total. The van der Waals surface area contributed by atoms with Gasteiger partial charge in [0.1, 0.15) is 0 Å². The minimum Gasteiger partial charge on any atom is -0.380 e. The molecule has 0 aromatic heterocycles. The smallest absolute Gasteiger partial charge is 0.0498 e. The number of nitrogens with zero attached hydrogens (tertiary/aromatic N) is 1. The van der Waals surface area contributed by atoms with Crippen LogP contribution >= 0.6 is 31.9 Å². The summed E-state index contributed by atoms with van der Waals surface area (Å²) in [5.74, 6) is 0. The highest BCUT2D eigenvalue weighted by Gasteiger charge is 2.24. The molecule has 0 aliphatic carbocycles. The van der Waals surface area contributed by atoms with Crippen molar-refractivity contribution in [2.24, 2.45) is 0 Å². The van der Waals surface area contributed by atoms with Gasteiger partial charge in [-0.3, -0.25) is 4.90 Å². The van der Waals surface area contributed by atoms with Gasteiger partial charge in [-0.2, -0.15) is 0 Å². The number of benzene rings is 1. The maximum atomic E-state index is 3.62. The van der Waals surface area contributed by atoms with Crippen molar-refractivity contribution >= 4 is 37.5 Å². The minimum atomic E-state index is 0.558. The summed E-state index contributed by atoms with van der Waals surface area (Å²) in [6.45, 7) is 6.85. The molecule has 0 amide bonds. The van der Waals surface area contributed by atoms with Gasteiger partial charge in [0.2, 0.25) is 0 Å². The van der Waals surface area contributed by atoms with Crippen LogP contribution < -0.4 is 5.32 Å². The second-order valence-corrected chi connectivity index (χ2v) is 6.61. The van der Waals surface area contributed by atoms with Crippen LogP contribution in [0.25, 0.3) is 0 Å². The Morgan fingerprint density at radius 1 is 1.35 bits per heavy atom. The van der Waals surface area contributed by atoms with Gasteiger partial charge in [0.15, 0.2) is 0 Å². The molecule has 1 aromatic rings. The summed E-state index contributed by atoms with van der Waals surface area (Å²) in [6.07, 6.45) is 1.22. The zero-order chi connectivity index (χ0) is 12.4. The molecular formula is C13H18Br2N2. The Labute approximate surface area is 120 Å². The summed E-state index contributed by atoms with van der Waals surface area (Å²) in [4.78, 5) is 2.52. The first-order valence-corrected chi connectivity index (χ1v) is 7.60. The normalized spacial score (nSPS) is 21.1. The molecule has 17 heavy (non-hydrogen) atoms. The van der Waals surface area contributed by atoms with Crippen LogP contribution in [-0.4, -0.2) is 30.1 Å². The molecule has 0 radical (unpaired) electrons. The monoisotopic (exact) mass is 360 g/mol. The van der Waals surface area contributed by atoms with Crippen molar-refractivity contribution in [3.05, 3.63) is 27.1 Å². The molecule has 2 rings (SSSR count). The van der Waals surface area contributed by atoms with Crippen molar-refractivity contribution < 1.29 is 0 Å². The van der Waals surface area contributed by atoms with Crippen molar-refractivity contribution in [2.75, 3.05) is 18.4 Å². The van der Waals surface area contributed by atoms with Gasteiger partial charge in [-0.25, -0.2) is 0 Å².